The highest BCUT2D eigenvalue weighted by atomic mass is 31.2. The molecule has 0 N–H and O–H groups in total. The Kier molecular flexibility index (Phi) is 2.45. The SMILES string of the molecule is C=P(C)(OC)C(C)=O. The van der Waals surface area contributed by atoms with Crippen molar-refractivity contribution in [2.45, 2.75) is 6.92 Å². The van der Waals surface area contributed by atoms with Crippen molar-refractivity contribution in [3.05, 3.63) is 0 Å². The van der Waals surface area contributed by atoms with Gasteiger partial charge in [-0.2, -0.15) is 0 Å². The number of hydrogen-bond donors (Lipinski definition) is 0. The Morgan fingerprint density at radius 3 is 2.12 bits per heavy atom. The van der Waals surface area contributed by atoms with Crippen LogP contribution in [-0.2, 0) is 9.32 Å². The van der Waals surface area contributed by atoms with Crippen LogP contribution in [0.4, 0.5) is 0 Å². The predicted octanol–water partition coefficient (Wildman–Crippen LogP) is 1.17. The summed E-state index contributed by atoms with van der Waals surface area (Å²) < 4.78 is 4.85. The van der Waals surface area contributed by atoms with Gasteiger partial charge < -0.3 is 4.52 Å². The van der Waals surface area contributed by atoms with E-state index in [1.54, 1.807) is 6.66 Å². The van der Waals surface area contributed by atoms with Crippen molar-refractivity contribution < 1.29 is 9.32 Å². The first-order valence-corrected chi connectivity index (χ1v) is 4.62. The second kappa shape index (κ2) is 2.47. The van der Waals surface area contributed by atoms with Crippen LogP contribution in [0.1, 0.15) is 6.92 Å². The molecule has 1 unspecified atom stereocenters. The highest BCUT2D eigenvalue weighted by molar-refractivity contribution is 7.84. The summed E-state index contributed by atoms with van der Waals surface area (Å²) in [5.41, 5.74) is 0.0556. The zero-order valence-electron chi connectivity index (χ0n) is 5.47. The molecule has 0 aliphatic heterocycles. The first-order chi connectivity index (χ1) is 3.50. The minimum atomic E-state index is -1.88. The van der Waals surface area contributed by atoms with Crippen molar-refractivity contribution in [1.82, 2.24) is 0 Å². The van der Waals surface area contributed by atoms with E-state index in [0.717, 1.165) is 0 Å². The van der Waals surface area contributed by atoms with Crippen molar-refractivity contribution >= 4 is 18.9 Å². The highest BCUT2D eigenvalue weighted by Gasteiger charge is 2.09. The summed E-state index contributed by atoms with van der Waals surface area (Å²) in [6.07, 6.45) is 3.63. The second-order valence-electron chi connectivity index (χ2n) is 1.80. The van der Waals surface area contributed by atoms with Crippen LogP contribution in [0.2, 0.25) is 0 Å². The van der Waals surface area contributed by atoms with E-state index in [1.165, 1.54) is 14.0 Å². The summed E-state index contributed by atoms with van der Waals surface area (Å²) in [5, 5.41) is 0. The van der Waals surface area contributed by atoms with E-state index in [1.807, 2.05) is 0 Å². The molecule has 2 nitrogen and oxygen atoms in total. The van der Waals surface area contributed by atoms with E-state index in [4.69, 9.17) is 4.52 Å². The summed E-state index contributed by atoms with van der Waals surface area (Å²) in [5.74, 6) is 0. The Morgan fingerprint density at radius 2 is 2.12 bits per heavy atom. The number of carbonyl (C=O) groups is 1. The first-order valence-electron chi connectivity index (χ1n) is 2.28. The van der Waals surface area contributed by atoms with Gasteiger partial charge in [-0.05, 0) is 6.66 Å². The Hall–Kier alpha value is -0.0700. The summed E-state index contributed by atoms with van der Waals surface area (Å²) in [6, 6.07) is 0. The lowest BCUT2D eigenvalue weighted by Crippen LogP contribution is -1.93. The minimum Gasteiger partial charge on any atom is -0.358 e. The molecular formula is C5H11O2P. The fraction of sp³-hybridized carbons (Fsp3) is 0.600. The fourth-order valence-corrected chi connectivity index (χ4v) is 0.386. The third-order valence-corrected chi connectivity index (χ3v) is 3.21. The molecule has 1 atom stereocenters. The lowest BCUT2D eigenvalue weighted by atomic mass is 10.9. The van der Waals surface area contributed by atoms with Crippen LogP contribution in [0.15, 0.2) is 0 Å². The zero-order valence-corrected chi connectivity index (χ0v) is 6.37. The largest absolute Gasteiger partial charge is 0.358 e. The highest BCUT2D eigenvalue weighted by Crippen LogP contribution is 2.40. The molecule has 0 fully saturated rings. The van der Waals surface area contributed by atoms with Gasteiger partial charge in [0.05, 0.1) is 7.11 Å². The van der Waals surface area contributed by atoms with Crippen molar-refractivity contribution in [2.24, 2.45) is 0 Å². The molecule has 0 aromatic heterocycles. The Labute approximate surface area is 49.9 Å². The topological polar surface area (TPSA) is 26.3 Å². The molecule has 0 spiro atoms. The van der Waals surface area contributed by atoms with Gasteiger partial charge in [0.25, 0.3) is 0 Å². The Morgan fingerprint density at radius 1 is 1.75 bits per heavy atom. The van der Waals surface area contributed by atoms with Crippen molar-refractivity contribution in [2.75, 3.05) is 13.8 Å². The van der Waals surface area contributed by atoms with Crippen LogP contribution in [-0.4, -0.2) is 25.6 Å². The third kappa shape index (κ3) is 1.81. The maximum Gasteiger partial charge on any atom is 0.175 e. The summed E-state index contributed by atoms with van der Waals surface area (Å²) in [4.78, 5) is 10.6. The van der Waals surface area contributed by atoms with Gasteiger partial charge >= 0.3 is 0 Å². The van der Waals surface area contributed by atoms with Gasteiger partial charge in [-0.3, -0.25) is 4.79 Å². The number of carbonyl (C=O) groups excluding carboxylic acids is 1. The number of hydrogen-bond acceptors (Lipinski definition) is 2. The van der Waals surface area contributed by atoms with E-state index in [2.05, 4.69) is 6.30 Å². The van der Waals surface area contributed by atoms with Crippen LogP contribution in [0.5, 0.6) is 0 Å². The van der Waals surface area contributed by atoms with Gasteiger partial charge in [0.1, 0.15) is 0 Å². The molecule has 0 aromatic carbocycles. The number of rotatable bonds is 2. The molecule has 0 amide bonds. The lowest BCUT2D eigenvalue weighted by molar-refractivity contribution is -0.110. The molecule has 0 saturated heterocycles. The van der Waals surface area contributed by atoms with E-state index in [0.29, 0.717) is 0 Å². The third-order valence-electron chi connectivity index (χ3n) is 1.07. The molecule has 0 saturated carbocycles. The van der Waals surface area contributed by atoms with Crippen molar-refractivity contribution in [3.8, 4) is 0 Å². The molecule has 0 heterocycles. The maximum atomic E-state index is 10.6. The first kappa shape index (κ1) is 7.93. The van der Waals surface area contributed by atoms with E-state index < -0.39 is 7.11 Å². The molecule has 0 radical (unpaired) electrons. The predicted molar refractivity (Wildman–Crippen MR) is 37.7 cm³/mol. The second-order valence-corrected chi connectivity index (χ2v) is 5.00. The Bertz CT molecular complexity index is 139. The quantitative estimate of drug-likeness (QED) is 0.530. The van der Waals surface area contributed by atoms with Crippen molar-refractivity contribution in [3.63, 3.8) is 0 Å². The van der Waals surface area contributed by atoms with Gasteiger partial charge in [-0.1, -0.05) is 6.30 Å². The smallest absolute Gasteiger partial charge is 0.175 e. The van der Waals surface area contributed by atoms with Crippen LogP contribution in [0, 0.1) is 0 Å². The molecule has 48 valence electrons. The molecule has 0 aliphatic rings. The monoisotopic (exact) mass is 134 g/mol. The molecule has 8 heavy (non-hydrogen) atoms. The van der Waals surface area contributed by atoms with Gasteiger partial charge in [0, 0.05) is 14.0 Å². The van der Waals surface area contributed by atoms with E-state index in [-0.39, 0.29) is 5.52 Å². The lowest BCUT2D eigenvalue weighted by Gasteiger charge is -2.10. The molecular weight excluding hydrogens is 123 g/mol. The average molecular weight is 134 g/mol. The fourth-order valence-electron chi connectivity index (χ4n) is 0.129. The molecule has 3 heteroatoms. The van der Waals surface area contributed by atoms with Crippen LogP contribution in [0.25, 0.3) is 0 Å². The molecule has 0 bridgehead atoms. The summed E-state index contributed by atoms with van der Waals surface area (Å²) in [6.45, 7) is 3.25. The van der Waals surface area contributed by atoms with Crippen LogP contribution >= 0.6 is 7.11 Å². The summed E-state index contributed by atoms with van der Waals surface area (Å²) >= 11 is 0. The zero-order chi connectivity index (χ0) is 6.78. The maximum absolute atomic E-state index is 10.6. The molecule has 0 aromatic rings. The van der Waals surface area contributed by atoms with Gasteiger partial charge in [0.15, 0.2) is 5.52 Å². The van der Waals surface area contributed by atoms with Gasteiger partial charge in [-0.15, -0.1) is 0 Å². The molecule has 0 aliphatic carbocycles. The minimum absolute atomic E-state index is 0.0556. The average Bonchev–Trinajstić information content (AvgIpc) is 1.67. The normalized spacial score (nSPS) is 17.4. The summed E-state index contributed by atoms with van der Waals surface area (Å²) in [7, 11) is -0.368. The van der Waals surface area contributed by atoms with Crippen molar-refractivity contribution in [1.29, 1.82) is 0 Å². The van der Waals surface area contributed by atoms with Gasteiger partial charge in [-0.25, -0.2) is 0 Å². The van der Waals surface area contributed by atoms with Crippen LogP contribution in [0.3, 0.4) is 0 Å². The van der Waals surface area contributed by atoms with E-state index in [9.17, 15) is 4.79 Å². The van der Waals surface area contributed by atoms with E-state index >= 15 is 0 Å². The van der Waals surface area contributed by atoms with Crippen LogP contribution < -0.4 is 0 Å². The van der Waals surface area contributed by atoms with Gasteiger partial charge in [0.2, 0.25) is 0 Å². The Balaban J connectivity index is 4.15. The molecule has 0 rings (SSSR count). The standard InChI is InChI=1S/C5H11O2P/c1-5(6)8(3,4)7-2/h3H2,1-2,4H3.